The largest absolute Gasteiger partial charge is 0.481 e. The lowest BCUT2D eigenvalue weighted by Gasteiger charge is -2.05. The number of rotatable bonds is 46. The lowest BCUT2D eigenvalue weighted by molar-refractivity contribution is -0.144. The molecule has 0 aromatic rings. The van der Waals surface area contributed by atoms with E-state index in [1.807, 2.05) is 0 Å². The van der Waals surface area contributed by atoms with Crippen LogP contribution in [0.2, 0.25) is 0 Å². The zero-order chi connectivity index (χ0) is 39.1. The van der Waals surface area contributed by atoms with Crippen LogP contribution in [0.3, 0.4) is 0 Å². The monoisotopic (exact) mass is 759 g/mol. The SMILES string of the molecule is CCCCCCCC/C=C\CCCCCCCC(=O)OCCCCCCCC/C=C\CCCCCCCCCCCCCCCCCCCCCC(=O)O. The number of allylic oxidation sites excluding steroid dienone is 4. The number of carboxylic acid groups (broad SMARTS) is 1. The van der Waals surface area contributed by atoms with Gasteiger partial charge in [-0.2, -0.15) is 0 Å². The van der Waals surface area contributed by atoms with Crippen molar-refractivity contribution in [2.24, 2.45) is 0 Å². The summed E-state index contributed by atoms with van der Waals surface area (Å²) in [4.78, 5) is 22.5. The van der Waals surface area contributed by atoms with Gasteiger partial charge >= 0.3 is 11.9 Å². The van der Waals surface area contributed by atoms with E-state index in [2.05, 4.69) is 31.2 Å². The molecule has 0 heterocycles. The predicted octanol–water partition coefficient (Wildman–Crippen LogP) is 17.1. The Morgan fingerprint density at radius 1 is 0.352 bits per heavy atom. The second-order valence-electron chi connectivity index (χ2n) is 16.6. The van der Waals surface area contributed by atoms with Gasteiger partial charge in [0.15, 0.2) is 0 Å². The highest BCUT2D eigenvalue weighted by molar-refractivity contribution is 5.69. The molecule has 318 valence electrons. The first-order chi connectivity index (χ1) is 26.7. The molecule has 0 atom stereocenters. The van der Waals surface area contributed by atoms with E-state index in [0.717, 1.165) is 32.1 Å². The van der Waals surface area contributed by atoms with E-state index in [0.29, 0.717) is 19.4 Å². The van der Waals surface area contributed by atoms with Crippen LogP contribution in [0.5, 0.6) is 0 Å². The summed E-state index contributed by atoms with van der Waals surface area (Å²) >= 11 is 0. The zero-order valence-electron chi connectivity index (χ0n) is 36.4. The quantitative estimate of drug-likeness (QED) is 0.0381. The Morgan fingerprint density at radius 3 is 0.926 bits per heavy atom. The first kappa shape index (κ1) is 52.4. The molecule has 0 aliphatic heterocycles. The molecule has 4 heteroatoms. The minimum absolute atomic E-state index is 0.00612. The molecule has 0 spiro atoms. The summed E-state index contributed by atoms with van der Waals surface area (Å²) in [5.41, 5.74) is 0. The molecule has 0 radical (unpaired) electrons. The van der Waals surface area contributed by atoms with E-state index in [-0.39, 0.29) is 5.97 Å². The molecule has 0 rings (SSSR count). The summed E-state index contributed by atoms with van der Waals surface area (Å²) in [6.07, 6.45) is 62.5. The third kappa shape index (κ3) is 48.4. The van der Waals surface area contributed by atoms with Crippen molar-refractivity contribution in [3.05, 3.63) is 24.3 Å². The second-order valence-corrected chi connectivity index (χ2v) is 16.6. The van der Waals surface area contributed by atoms with Crippen molar-refractivity contribution in [2.45, 2.75) is 277 Å². The van der Waals surface area contributed by atoms with E-state index in [1.54, 1.807) is 0 Å². The Kier molecular flexibility index (Phi) is 46.2. The third-order valence-corrected chi connectivity index (χ3v) is 11.1. The number of ether oxygens (including phenoxy) is 1. The Balaban J connectivity index is 3.20. The first-order valence-corrected chi connectivity index (χ1v) is 24.3. The minimum Gasteiger partial charge on any atom is -0.481 e. The van der Waals surface area contributed by atoms with E-state index in [9.17, 15) is 9.59 Å². The molecule has 0 bridgehead atoms. The van der Waals surface area contributed by atoms with E-state index in [4.69, 9.17) is 9.84 Å². The smallest absolute Gasteiger partial charge is 0.305 e. The summed E-state index contributed by atoms with van der Waals surface area (Å²) in [5, 5.41) is 8.66. The van der Waals surface area contributed by atoms with E-state index < -0.39 is 5.97 Å². The summed E-state index contributed by atoms with van der Waals surface area (Å²) in [6.45, 7) is 2.89. The zero-order valence-corrected chi connectivity index (χ0v) is 36.4. The lowest BCUT2D eigenvalue weighted by atomic mass is 10.0. The summed E-state index contributed by atoms with van der Waals surface area (Å²) in [5.74, 6) is -0.649. The number of esters is 1. The minimum atomic E-state index is -0.655. The molecule has 0 aromatic carbocycles. The molecule has 0 saturated heterocycles. The maximum Gasteiger partial charge on any atom is 0.305 e. The topological polar surface area (TPSA) is 63.6 Å². The van der Waals surface area contributed by atoms with Gasteiger partial charge in [0.2, 0.25) is 0 Å². The molecule has 0 aliphatic rings. The number of carboxylic acids is 1. The number of hydrogen-bond donors (Lipinski definition) is 1. The van der Waals surface area contributed by atoms with Crippen molar-refractivity contribution in [2.75, 3.05) is 6.61 Å². The predicted molar refractivity (Wildman–Crippen MR) is 236 cm³/mol. The molecule has 0 aliphatic carbocycles. The number of carbonyl (C=O) groups is 2. The van der Waals surface area contributed by atoms with Crippen LogP contribution < -0.4 is 0 Å². The fourth-order valence-corrected chi connectivity index (χ4v) is 7.45. The fourth-order valence-electron chi connectivity index (χ4n) is 7.45. The number of carbonyl (C=O) groups excluding carboxylic acids is 1. The van der Waals surface area contributed by atoms with E-state index >= 15 is 0 Å². The maximum absolute atomic E-state index is 12.0. The molecule has 0 amide bonds. The average Bonchev–Trinajstić information content (AvgIpc) is 3.16. The Labute approximate surface area is 337 Å². The van der Waals surface area contributed by atoms with Crippen molar-refractivity contribution in [3.8, 4) is 0 Å². The Hall–Kier alpha value is -1.58. The highest BCUT2D eigenvalue weighted by atomic mass is 16.5. The van der Waals surface area contributed by atoms with Gasteiger partial charge in [-0.1, -0.05) is 217 Å². The maximum atomic E-state index is 12.0. The van der Waals surface area contributed by atoms with Crippen molar-refractivity contribution in [1.82, 2.24) is 0 Å². The standard InChI is InChI=1S/C50H94O4/c1-2-3-4-5-6-7-8-9-25-29-32-35-38-41-44-47-50(53)54-48-45-42-39-36-33-30-27-24-22-20-18-16-14-12-10-11-13-15-17-19-21-23-26-28-31-34-37-40-43-46-49(51)52/h9,22,24-25H,2-8,10-21,23,26-48H2,1H3,(H,51,52)/b24-22-,25-9-. The summed E-state index contributed by atoms with van der Waals surface area (Å²) in [7, 11) is 0. The first-order valence-electron chi connectivity index (χ1n) is 24.3. The van der Waals surface area contributed by atoms with Crippen LogP contribution in [0, 0.1) is 0 Å². The summed E-state index contributed by atoms with van der Waals surface area (Å²) in [6, 6.07) is 0. The van der Waals surface area contributed by atoms with Gasteiger partial charge in [0.1, 0.15) is 0 Å². The average molecular weight is 759 g/mol. The van der Waals surface area contributed by atoms with Crippen molar-refractivity contribution >= 4 is 11.9 Å². The number of aliphatic carboxylic acids is 1. The Bertz CT molecular complexity index is 802. The molecule has 0 aromatic heterocycles. The van der Waals surface area contributed by atoms with Crippen LogP contribution in [-0.4, -0.2) is 23.7 Å². The number of hydrogen-bond acceptors (Lipinski definition) is 3. The molecule has 0 unspecified atom stereocenters. The van der Waals surface area contributed by atoms with Crippen LogP contribution in [0.15, 0.2) is 24.3 Å². The highest BCUT2D eigenvalue weighted by Crippen LogP contribution is 2.16. The van der Waals surface area contributed by atoms with Gasteiger partial charge in [0.25, 0.3) is 0 Å². The molecular weight excluding hydrogens is 665 g/mol. The number of unbranched alkanes of at least 4 members (excludes halogenated alkanes) is 36. The molecule has 0 saturated carbocycles. The van der Waals surface area contributed by atoms with Crippen molar-refractivity contribution < 1.29 is 19.4 Å². The highest BCUT2D eigenvalue weighted by Gasteiger charge is 2.03. The van der Waals surface area contributed by atoms with E-state index in [1.165, 1.54) is 225 Å². The van der Waals surface area contributed by atoms with Gasteiger partial charge in [0, 0.05) is 12.8 Å². The van der Waals surface area contributed by atoms with Crippen LogP contribution in [0.4, 0.5) is 0 Å². The fraction of sp³-hybridized carbons (Fsp3) is 0.880. The van der Waals surface area contributed by atoms with Gasteiger partial charge < -0.3 is 9.84 Å². The molecule has 0 fully saturated rings. The summed E-state index contributed by atoms with van der Waals surface area (Å²) < 4.78 is 5.46. The Morgan fingerprint density at radius 2 is 0.611 bits per heavy atom. The van der Waals surface area contributed by atoms with Crippen LogP contribution in [0.1, 0.15) is 277 Å². The molecule has 1 N–H and O–H groups in total. The van der Waals surface area contributed by atoms with Gasteiger partial charge in [-0.05, 0) is 70.6 Å². The van der Waals surface area contributed by atoms with Crippen LogP contribution in [-0.2, 0) is 14.3 Å². The van der Waals surface area contributed by atoms with Gasteiger partial charge in [0.05, 0.1) is 6.61 Å². The van der Waals surface area contributed by atoms with Crippen molar-refractivity contribution in [1.29, 1.82) is 0 Å². The van der Waals surface area contributed by atoms with Gasteiger partial charge in [-0.15, -0.1) is 0 Å². The van der Waals surface area contributed by atoms with Crippen molar-refractivity contribution in [3.63, 3.8) is 0 Å². The molecular formula is C50H94O4. The van der Waals surface area contributed by atoms with Gasteiger partial charge in [-0.3, -0.25) is 9.59 Å². The molecule has 4 nitrogen and oxygen atoms in total. The van der Waals surface area contributed by atoms with Crippen LogP contribution >= 0.6 is 0 Å². The van der Waals surface area contributed by atoms with Gasteiger partial charge in [-0.25, -0.2) is 0 Å². The molecule has 54 heavy (non-hydrogen) atoms. The second kappa shape index (κ2) is 47.6. The normalized spacial score (nSPS) is 11.7. The third-order valence-electron chi connectivity index (χ3n) is 11.1. The lowest BCUT2D eigenvalue weighted by Crippen LogP contribution is -2.05. The van der Waals surface area contributed by atoms with Crippen LogP contribution in [0.25, 0.3) is 0 Å².